The number of aliphatic hydroxyl groups is 1. The van der Waals surface area contributed by atoms with Crippen LogP contribution in [0, 0.1) is 5.41 Å². The molecule has 2 N–H and O–H groups in total. The van der Waals surface area contributed by atoms with Crippen LogP contribution in [0.4, 0.5) is 0 Å². The molecule has 0 saturated heterocycles. The Morgan fingerprint density at radius 1 is 1.24 bits per heavy atom. The molecule has 0 amide bonds. The van der Waals surface area contributed by atoms with Gasteiger partial charge in [-0.15, -0.1) is 0 Å². The van der Waals surface area contributed by atoms with Gasteiger partial charge in [0, 0.05) is 5.56 Å². The van der Waals surface area contributed by atoms with Crippen LogP contribution < -0.4 is 0 Å². The first-order valence-electron chi connectivity index (χ1n) is 7.64. The molecule has 1 aliphatic carbocycles. The van der Waals surface area contributed by atoms with Gasteiger partial charge in [-0.05, 0) is 56.2 Å². The van der Waals surface area contributed by atoms with Crippen LogP contribution >= 0.6 is 0 Å². The van der Waals surface area contributed by atoms with Crippen molar-refractivity contribution in [1.82, 2.24) is 0 Å². The number of allylic oxidation sites excluding steroid dienone is 3. The lowest BCUT2D eigenvalue weighted by atomic mass is 9.72. The summed E-state index contributed by atoms with van der Waals surface area (Å²) in [5, 5.41) is 20.6. The predicted octanol–water partition coefficient (Wildman–Crippen LogP) is 4.68. The SMILES string of the molecule is CC1=C(/C=C/C(C)(O)c2ccccc2O)C(C)(C)CCC1. The molecule has 0 bridgehead atoms. The van der Waals surface area contributed by atoms with Crippen molar-refractivity contribution in [3.63, 3.8) is 0 Å². The van der Waals surface area contributed by atoms with Gasteiger partial charge in [0.25, 0.3) is 0 Å². The van der Waals surface area contributed by atoms with E-state index in [4.69, 9.17) is 0 Å². The van der Waals surface area contributed by atoms with Gasteiger partial charge in [-0.2, -0.15) is 0 Å². The maximum absolute atomic E-state index is 10.7. The van der Waals surface area contributed by atoms with Gasteiger partial charge in [-0.1, -0.05) is 43.7 Å². The molecule has 1 aromatic rings. The molecule has 2 nitrogen and oxygen atoms in total. The highest BCUT2D eigenvalue weighted by Gasteiger charge is 2.28. The van der Waals surface area contributed by atoms with E-state index in [1.165, 1.54) is 24.0 Å². The largest absolute Gasteiger partial charge is 0.508 e. The van der Waals surface area contributed by atoms with Crippen molar-refractivity contribution >= 4 is 0 Å². The summed E-state index contributed by atoms with van der Waals surface area (Å²) in [5.41, 5.74) is 2.22. The minimum absolute atomic E-state index is 0.126. The van der Waals surface area contributed by atoms with E-state index in [-0.39, 0.29) is 11.2 Å². The molecular formula is C19H26O2. The average Bonchev–Trinajstić information content (AvgIpc) is 2.37. The van der Waals surface area contributed by atoms with E-state index in [0.29, 0.717) is 5.56 Å². The highest BCUT2D eigenvalue weighted by molar-refractivity contribution is 5.41. The molecule has 0 aromatic heterocycles. The lowest BCUT2D eigenvalue weighted by Gasteiger charge is -2.33. The van der Waals surface area contributed by atoms with Crippen LogP contribution in [0.3, 0.4) is 0 Å². The van der Waals surface area contributed by atoms with Gasteiger partial charge in [-0.3, -0.25) is 0 Å². The summed E-state index contributed by atoms with van der Waals surface area (Å²) in [5.74, 6) is 0.126. The molecule has 2 heteroatoms. The molecule has 0 aliphatic heterocycles. The summed E-state index contributed by atoms with van der Waals surface area (Å²) in [6.07, 6.45) is 7.37. The summed E-state index contributed by atoms with van der Waals surface area (Å²) in [4.78, 5) is 0. The number of phenolic OH excluding ortho intramolecular Hbond substituents is 1. The Labute approximate surface area is 127 Å². The van der Waals surface area contributed by atoms with E-state index in [2.05, 4.69) is 20.8 Å². The van der Waals surface area contributed by atoms with Gasteiger partial charge in [0.1, 0.15) is 11.4 Å². The summed E-state index contributed by atoms with van der Waals surface area (Å²) in [6, 6.07) is 6.95. The number of phenols is 1. The van der Waals surface area contributed by atoms with E-state index in [1.54, 1.807) is 31.2 Å². The minimum atomic E-state index is -1.17. The number of aromatic hydroxyl groups is 1. The van der Waals surface area contributed by atoms with Crippen LogP contribution in [0.15, 0.2) is 47.6 Å². The Morgan fingerprint density at radius 2 is 1.90 bits per heavy atom. The summed E-state index contributed by atoms with van der Waals surface area (Å²) in [6.45, 7) is 8.40. The molecule has 0 fully saturated rings. The normalized spacial score (nSPS) is 21.6. The Balaban J connectivity index is 2.34. The van der Waals surface area contributed by atoms with Crippen LogP contribution in [0.5, 0.6) is 5.75 Å². The minimum Gasteiger partial charge on any atom is -0.508 e. The first-order valence-corrected chi connectivity index (χ1v) is 7.64. The zero-order valence-electron chi connectivity index (χ0n) is 13.5. The molecule has 2 rings (SSSR count). The van der Waals surface area contributed by atoms with Crippen LogP contribution in [0.2, 0.25) is 0 Å². The van der Waals surface area contributed by atoms with Crippen molar-refractivity contribution in [3.8, 4) is 5.75 Å². The molecule has 1 unspecified atom stereocenters. The molecule has 21 heavy (non-hydrogen) atoms. The van der Waals surface area contributed by atoms with Crippen LogP contribution in [-0.4, -0.2) is 10.2 Å². The lowest BCUT2D eigenvalue weighted by Crippen LogP contribution is -2.21. The van der Waals surface area contributed by atoms with Gasteiger partial charge < -0.3 is 10.2 Å². The number of hydrogen-bond acceptors (Lipinski definition) is 2. The van der Waals surface area contributed by atoms with E-state index in [0.717, 1.165) is 6.42 Å². The van der Waals surface area contributed by atoms with E-state index >= 15 is 0 Å². The number of hydrogen-bond donors (Lipinski definition) is 2. The third-order valence-electron chi connectivity index (χ3n) is 4.57. The summed E-state index contributed by atoms with van der Waals surface area (Å²) < 4.78 is 0. The topological polar surface area (TPSA) is 40.5 Å². The zero-order chi connectivity index (χ0) is 15.7. The fraction of sp³-hybridized carbons (Fsp3) is 0.474. The quantitative estimate of drug-likeness (QED) is 0.846. The van der Waals surface area contributed by atoms with E-state index in [1.807, 2.05) is 12.1 Å². The van der Waals surface area contributed by atoms with Crippen molar-refractivity contribution in [2.45, 2.75) is 52.6 Å². The Bertz CT molecular complexity index is 577. The van der Waals surface area contributed by atoms with Crippen LogP contribution in [-0.2, 0) is 5.60 Å². The Kier molecular flexibility index (Phi) is 4.29. The molecule has 1 atom stereocenters. The summed E-state index contributed by atoms with van der Waals surface area (Å²) in [7, 11) is 0. The highest BCUT2D eigenvalue weighted by Crippen LogP contribution is 2.41. The molecule has 1 aromatic carbocycles. The fourth-order valence-corrected chi connectivity index (χ4v) is 3.25. The number of rotatable bonds is 3. The molecule has 0 radical (unpaired) electrons. The van der Waals surface area contributed by atoms with Gasteiger partial charge in [0.15, 0.2) is 0 Å². The molecule has 114 valence electrons. The molecule has 0 spiro atoms. The smallest absolute Gasteiger partial charge is 0.121 e. The van der Waals surface area contributed by atoms with E-state index in [9.17, 15) is 10.2 Å². The molecule has 0 heterocycles. The highest BCUT2D eigenvalue weighted by atomic mass is 16.3. The van der Waals surface area contributed by atoms with Gasteiger partial charge in [-0.25, -0.2) is 0 Å². The van der Waals surface area contributed by atoms with Gasteiger partial charge in [0.2, 0.25) is 0 Å². The van der Waals surface area contributed by atoms with Crippen molar-refractivity contribution < 1.29 is 10.2 Å². The maximum Gasteiger partial charge on any atom is 0.121 e. The third kappa shape index (κ3) is 3.38. The van der Waals surface area contributed by atoms with Gasteiger partial charge in [0.05, 0.1) is 0 Å². The molecule has 0 saturated carbocycles. The predicted molar refractivity (Wildman–Crippen MR) is 87.1 cm³/mol. The monoisotopic (exact) mass is 286 g/mol. The second-order valence-corrected chi connectivity index (χ2v) is 6.93. The van der Waals surface area contributed by atoms with Crippen LogP contribution in [0.1, 0.15) is 52.5 Å². The second kappa shape index (κ2) is 5.69. The van der Waals surface area contributed by atoms with E-state index < -0.39 is 5.60 Å². The molecular weight excluding hydrogens is 260 g/mol. The fourth-order valence-electron chi connectivity index (χ4n) is 3.25. The first-order chi connectivity index (χ1) is 9.74. The standard InChI is InChI=1S/C19H26O2/c1-14-8-7-12-18(2,3)15(14)11-13-19(4,21)16-9-5-6-10-17(16)20/h5-6,9-11,13,20-21H,7-8,12H2,1-4H3/b13-11+. The maximum atomic E-state index is 10.7. The number of para-hydroxylation sites is 1. The van der Waals surface area contributed by atoms with Crippen LogP contribution in [0.25, 0.3) is 0 Å². The average molecular weight is 286 g/mol. The third-order valence-corrected chi connectivity index (χ3v) is 4.57. The lowest BCUT2D eigenvalue weighted by molar-refractivity contribution is 0.108. The van der Waals surface area contributed by atoms with Crippen molar-refractivity contribution in [2.24, 2.45) is 5.41 Å². The Morgan fingerprint density at radius 3 is 2.52 bits per heavy atom. The second-order valence-electron chi connectivity index (χ2n) is 6.93. The van der Waals surface area contributed by atoms with Gasteiger partial charge >= 0.3 is 0 Å². The van der Waals surface area contributed by atoms with Crippen molar-refractivity contribution in [3.05, 3.63) is 53.1 Å². The van der Waals surface area contributed by atoms with Crippen molar-refractivity contribution in [1.29, 1.82) is 0 Å². The Hall–Kier alpha value is -1.54. The van der Waals surface area contributed by atoms with Crippen molar-refractivity contribution in [2.75, 3.05) is 0 Å². The summed E-state index contributed by atoms with van der Waals surface area (Å²) >= 11 is 0. The first kappa shape index (κ1) is 15.8. The zero-order valence-corrected chi connectivity index (χ0v) is 13.5. The number of benzene rings is 1. The molecule has 1 aliphatic rings.